The predicted octanol–water partition coefficient (Wildman–Crippen LogP) is 2.26. The molecule has 1 N–H and O–H groups in total. The summed E-state index contributed by atoms with van der Waals surface area (Å²) in [6, 6.07) is 3.48. The Balaban J connectivity index is 2.73. The quantitative estimate of drug-likeness (QED) is 0.894. The normalized spacial score (nSPS) is 9.78. The summed E-state index contributed by atoms with van der Waals surface area (Å²) in [7, 11) is 4.42. The van der Waals surface area contributed by atoms with E-state index in [0.717, 1.165) is 5.56 Å². The molecule has 0 bridgehead atoms. The van der Waals surface area contributed by atoms with E-state index >= 15 is 0 Å². The third kappa shape index (κ3) is 3.70. The van der Waals surface area contributed by atoms with Crippen molar-refractivity contribution in [2.45, 2.75) is 6.42 Å². The van der Waals surface area contributed by atoms with Crippen LogP contribution in [0.2, 0.25) is 5.02 Å². The lowest BCUT2D eigenvalue weighted by atomic mass is 10.1. The first-order chi connectivity index (χ1) is 8.62. The van der Waals surface area contributed by atoms with E-state index in [1.807, 2.05) is 0 Å². The van der Waals surface area contributed by atoms with Gasteiger partial charge in [0.1, 0.15) is 0 Å². The van der Waals surface area contributed by atoms with Crippen molar-refractivity contribution in [3.8, 4) is 11.5 Å². The fourth-order valence-electron chi connectivity index (χ4n) is 1.46. The van der Waals surface area contributed by atoms with Gasteiger partial charge in [-0.1, -0.05) is 11.6 Å². The van der Waals surface area contributed by atoms with Gasteiger partial charge in [0, 0.05) is 17.6 Å². The Morgan fingerprint density at radius 2 is 1.83 bits per heavy atom. The molecule has 0 heterocycles. The Kier molecular flexibility index (Phi) is 5.58. The van der Waals surface area contributed by atoms with Gasteiger partial charge < -0.3 is 19.5 Å². The summed E-state index contributed by atoms with van der Waals surface area (Å²) in [6.45, 7) is 0.432. The van der Waals surface area contributed by atoms with E-state index in [2.05, 4.69) is 10.1 Å². The highest BCUT2D eigenvalue weighted by Crippen LogP contribution is 2.33. The van der Waals surface area contributed by atoms with E-state index in [1.54, 1.807) is 26.4 Å². The third-order valence-electron chi connectivity index (χ3n) is 2.40. The first-order valence-corrected chi connectivity index (χ1v) is 5.72. The van der Waals surface area contributed by atoms with Crippen LogP contribution < -0.4 is 14.8 Å². The minimum atomic E-state index is -0.466. The number of halogens is 1. The third-order valence-corrected chi connectivity index (χ3v) is 2.75. The number of hydrogen-bond donors (Lipinski definition) is 1. The number of ether oxygens (including phenoxy) is 3. The molecule has 0 radical (unpaired) electrons. The molecule has 0 saturated heterocycles. The molecule has 0 aliphatic rings. The molecule has 1 amide bonds. The molecule has 0 spiro atoms. The Morgan fingerprint density at radius 1 is 1.22 bits per heavy atom. The molecule has 1 aromatic carbocycles. The van der Waals surface area contributed by atoms with E-state index < -0.39 is 6.09 Å². The van der Waals surface area contributed by atoms with Crippen molar-refractivity contribution < 1.29 is 19.0 Å². The topological polar surface area (TPSA) is 56.8 Å². The number of amides is 1. The zero-order chi connectivity index (χ0) is 13.5. The molecule has 0 atom stereocenters. The maximum atomic E-state index is 10.9. The monoisotopic (exact) mass is 273 g/mol. The Morgan fingerprint density at radius 3 is 2.39 bits per heavy atom. The Labute approximate surface area is 111 Å². The first-order valence-electron chi connectivity index (χ1n) is 5.34. The summed E-state index contributed by atoms with van der Waals surface area (Å²) in [4.78, 5) is 10.9. The van der Waals surface area contributed by atoms with Crippen LogP contribution in [0.25, 0.3) is 0 Å². The molecule has 18 heavy (non-hydrogen) atoms. The molecular formula is C12H16ClNO4. The second kappa shape index (κ2) is 6.96. The molecule has 0 aliphatic heterocycles. The lowest BCUT2D eigenvalue weighted by Gasteiger charge is -2.11. The van der Waals surface area contributed by atoms with Crippen LogP contribution in [-0.2, 0) is 11.2 Å². The second-order valence-corrected chi connectivity index (χ2v) is 3.87. The average molecular weight is 274 g/mol. The number of methoxy groups -OCH3 is 3. The van der Waals surface area contributed by atoms with Gasteiger partial charge in [-0.25, -0.2) is 4.79 Å². The summed E-state index contributed by atoms with van der Waals surface area (Å²) in [5.41, 5.74) is 0.866. The van der Waals surface area contributed by atoms with Gasteiger partial charge in [-0.2, -0.15) is 0 Å². The van der Waals surface area contributed by atoms with Gasteiger partial charge in [0.05, 0.1) is 21.3 Å². The van der Waals surface area contributed by atoms with E-state index in [-0.39, 0.29) is 0 Å². The van der Waals surface area contributed by atoms with Crippen LogP contribution in [0.15, 0.2) is 12.1 Å². The molecular weight excluding hydrogens is 258 g/mol. The maximum absolute atomic E-state index is 10.9. The summed E-state index contributed by atoms with van der Waals surface area (Å²) in [5, 5.41) is 3.15. The zero-order valence-electron chi connectivity index (χ0n) is 10.6. The van der Waals surface area contributed by atoms with Crippen LogP contribution in [0.5, 0.6) is 11.5 Å². The van der Waals surface area contributed by atoms with E-state index in [9.17, 15) is 4.79 Å². The van der Waals surface area contributed by atoms with E-state index in [4.69, 9.17) is 21.1 Å². The highest BCUT2D eigenvalue weighted by molar-refractivity contribution is 6.31. The van der Waals surface area contributed by atoms with Crippen LogP contribution in [0.4, 0.5) is 4.79 Å². The van der Waals surface area contributed by atoms with Crippen molar-refractivity contribution in [1.82, 2.24) is 5.32 Å². The fraction of sp³-hybridized carbons (Fsp3) is 0.417. The average Bonchev–Trinajstić information content (AvgIpc) is 2.39. The van der Waals surface area contributed by atoms with Gasteiger partial charge in [-0.05, 0) is 18.1 Å². The highest BCUT2D eigenvalue weighted by Gasteiger charge is 2.10. The first kappa shape index (κ1) is 14.4. The Bertz CT molecular complexity index is 423. The van der Waals surface area contributed by atoms with Crippen LogP contribution >= 0.6 is 11.6 Å². The smallest absolute Gasteiger partial charge is 0.406 e. The second-order valence-electron chi connectivity index (χ2n) is 3.47. The molecule has 0 fully saturated rings. The van der Waals surface area contributed by atoms with Crippen LogP contribution in [-0.4, -0.2) is 34.0 Å². The number of carbonyl (C=O) groups is 1. The SMILES string of the molecule is COC(=O)NCCc1cc(OC)c(OC)cc1Cl. The van der Waals surface area contributed by atoms with Crippen LogP contribution in [0, 0.1) is 0 Å². The molecule has 100 valence electrons. The number of rotatable bonds is 5. The Hall–Kier alpha value is -1.62. The maximum Gasteiger partial charge on any atom is 0.406 e. The molecule has 1 rings (SSSR count). The molecule has 0 aromatic heterocycles. The summed E-state index contributed by atoms with van der Waals surface area (Å²) >= 11 is 6.11. The van der Waals surface area contributed by atoms with Crippen molar-refractivity contribution in [2.24, 2.45) is 0 Å². The molecule has 0 unspecified atom stereocenters. The number of carbonyl (C=O) groups excluding carboxylic acids is 1. The van der Waals surface area contributed by atoms with Gasteiger partial charge in [-0.15, -0.1) is 0 Å². The lowest BCUT2D eigenvalue weighted by molar-refractivity contribution is 0.171. The molecule has 1 aromatic rings. The zero-order valence-corrected chi connectivity index (χ0v) is 11.3. The van der Waals surface area contributed by atoms with Crippen molar-refractivity contribution in [1.29, 1.82) is 0 Å². The molecule has 0 saturated carbocycles. The lowest BCUT2D eigenvalue weighted by Crippen LogP contribution is -2.25. The van der Waals surface area contributed by atoms with E-state index in [0.29, 0.717) is 29.5 Å². The predicted molar refractivity (Wildman–Crippen MR) is 68.7 cm³/mol. The largest absolute Gasteiger partial charge is 0.493 e. The molecule has 0 aliphatic carbocycles. The standard InChI is InChI=1S/C12H16ClNO4/c1-16-10-6-8(4-5-14-12(15)18-3)9(13)7-11(10)17-2/h6-7H,4-5H2,1-3H3,(H,14,15). The van der Waals surface area contributed by atoms with Gasteiger partial charge in [0.2, 0.25) is 0 Å². The van der Waals surface area contributed by atoms with Crippen molar-refractivity contribution in [3.63, 3.8) is 0 Å². The van der Waals surface area contributed by atoms with Crippen LogP contribution in [0.3, 0.4) is 0 Å². The van der Waals surface area contributed by atoms with Gasteiger partial charge in [-0.3, -0.25) is 0 Å². The highest BCUT2D eigenvalue weighted by atomic mass is 35.5. The number of hydrogen-bond acceptors (Lipinski definition) is 4. The minimum Gasteiger partial charge on any atom is -0.493 e. The molecule has 6 heteroatoms. The van der Waals surface area contributed by atoms with Crippen molar-refractivity contribution in [3.05, 3.63) is 22.7 Å². The van der Waals surface area contributed by atoms with Gasteiger partial charge >= 0.3 is 6.09 Å². The fourth-order valence-corrected chi connectivity index (χ4v) is 1.71. The van der Waals surface area contributed by atoms with Crippen LogP contribution in [0.1, 0.15) is 5.56 Å². The van der Waals surface area contributed by atoms with Crippen molar-refractivity contribution in [2.75, 3.05) is 27.9 Å². The number of nitrogens with one attached hydrogen (secondary N) is 1. The van der Waals surface area contributed by atoms with Gasteiger partial charge in [0.25, 0.3) is 0 Å². The summed E-state index contributed by atoms with van der Waals surface area (Å²) in [6.07, 6.45) is 0.112. The summed E-state index contributed by atoms with van der Waals surface area (Å²) < 4.78 is 14.8. The summed E-state index contributed by atoms with van der Waals surface area (Å²) in [5.74, 6) is 1.18. The number of alkyl carbamates (subject to hydrolysis) is 1. The van der Waals surface area contributed by atoms with Gasteiger partial charge in [0.15, 0.2) is 11.5 Å². The van der Waals surface area contributed by atoms with Crippen molar-refractivity contribution >= 4 is 17.7 Å². The minimum absolute atomic E-state index is 0.432. The number of benzene rings is 1. The molecule has 5 nitrogen and oxygen atoms in total. The van der Waals surface area contributed by atoms with E-state index in [1.165, 1.54) is 7.11 Å².